The molecule has 1 aromatic rings. The van der Waals surface area contributed by atoms with Crippen LogP contribution in [0.2, 0.25) is 0 Å². The quantitative estimate of drug-likeness (QED) is 0.807. The summed E-state index contributed by atoms with van der Waals surface area (Å²) in [5.74, 6) is 1.39. The van der Waals surface area contributed by atoms with Crippen LogP contribution in [-0.2, 0) is 4.79 Å². The molecule has 24 heavy (non-hydrogen) atoms. The first kappa shape index (κ1) is 21.7. The molecule has 2 saturated heterocycles. The van der Waals surface area contributed by atoms with Crippen molar-refractivity contribution in [2.75, 3.05) is 33.2 Å². The van der Waals surface area contributed by atoms with Gasteiger partial charge >= 0.3 is 0 Å². The van der Waals surface area contributed by atoms with Crippen molar-refractivity contribution in [1.82, 2.24) is 15.5 Å². The zero-order valence-corrected chi connectivity index (χ0v) is 16.8. The number of hydrogen-bond donors (Lipinski definition) is 2. The fraction of sp³-hybridized carbons (Fsp3) is 0.706. The zero-order valence-electron chi connectivity index (χ0n) is 14.4. The summed E-state index contributed by atoms with van der Waals surface area (Å²) in [5, 5.41) is 8.63. The maximum atomic E-state index is 12.3. The number of likely N-dealkylation sites (tertiary alicyclic amines) is 1. The van der Waals surface area contributed by atoms with Gasteiger partial charge in [-0.15, -0.1) is 36.2 Å². The average Bonchev–Trinajstić information content (AvgIpc) is 2.96. The Morgan fingerprint density at radius 3 is 2.79 bits per heavy atom. The van der Waals surface area contributed by atoms with Gasteiger partial charge in [0.2, 0.25) is 5.91 Å². The second-order valence-electron chi connectivity index (χ2n) is 6.80. The Kier molecular flexibility index (Phi) is 9.02. The molecule has 3 atom stereocenters. The smallest absolute Gasteiger partial charge is 0.223 e. The van der Waals surface area contributed by atoms with Gasteiger partial charge in [-0.1, -0.05) is 13.0 Å². The van der Waals surface area contributed by atoms with Crippen LogP contribution in [0.15, 0.2) is 17.5 Å². The van der Waals surface area contributed by atoms with Gasteiger partial charge in [-0.05, 0) is 62.8 Å². The lowest BCUT2D eigenvalue weighted by atomic mass is 9.86. The number of amides is 1. The Balaban J connectivity index is 0.00000144. The van der Waals surface area contributed by atoms with Gasteiger partial charge in [0.05, 0.1) is 0 Å². The number of piperidine rings is 1. The normalized spacial score (nSPS) is 25.8. The summed E-state index contributed by atoms with van der Waals surface area (Å²) in [7, 11) is 2.21. The highest BCUT2D eigenvalue weighted by Crippen LogP contribution is 2.36. The van der Waals surface area contributed by atoms with Gasteiger partial charge < -0.3 is 10.6 Å². The molecule has 3 unspecified atom stereocenters. The lowest BCUT2D eigenvalue weighted by Gasteiger charge is -2.39. The van der Waals surface area contributed by atoms with Crippen molar-refractivity contribution in [2.24, 2.45) is 17.8 Å². The van der Waals surface area contributed by atoms with Gasteiger partial charge in [-0.3, -0.25) is 9.69 Å². The van der Waals surface area contributed by atoms with Crippen LogP contribution < -0.4 is 10.6 Å². The van der Waals surface area contributed by atoms with E-state index in [9.17, 15) is 4.79 Å². The van der Waals surface area contributed by atoms with Gasteiger partial charge in [0.1, 0.15) is 0 Å². The highest BCUT2D eigenvalue weighted by atomic mass is 35.5. The maximum absolute atomic E-state index is 12.3. The molecule has 138 valence electrons. The number of carbonyl (C=O) groups is 1. The van der Waals surface area contributed by atoms with Crippen LogP contribution in [0, 0.1) is 17.8 Å². The third-order valence-electron chi connectivity index (χ3n) is 5.31. The molecule has 1 aromatic heterocycles. The number of thiophene rings is 1. The second-order valence-corrected chi connectivity index (χ2v) is 7.77. The van der Waals surface area contributed by atoms with E-state index in [2.05, 4.69) is 47.0 Å². The van der Waals surface area contributed by atoms with E-state index in [1.165, 1.54) is 17.7 Å². The van der Waals surface area contributed by atoms with Crippen molar-refractivity contribution < 1.29 is 4.79 Å². The van der Waals surface area contributed by atoms with Crippen LogP contribution in [0.25, 0.3) is 0 Å². The Morgan fingerprint density at radius 2 is 2.21 bits per heavy atom. The van der Waals surface area contributed by atoms with E-state index in [1.54, 1.807) is 0 Å². The molecule has 0 aromatic carbocycles. The van der Waals surface area contributed by atoms with Crippen molar-refractivity contribution in [3.8, 4) is 0 Å². The van der Waals surface area contributed by atoms with Crippen molar-refractivity contribution in [2.45, 2.75) is 25.8 Å². The molecule has 0 saturated carbocycles. The summed E-state index contributed by atoms with van der Waals surface area (Å²) in [6.07, 6.45) is 2.42. The Labute approximate surface area is 161 Å². The minimum atomic E-state index is 0. The monoisotopic (exact) mass is 393 g/mol. The predicted molar refractivity (Wildman–Crippen MR) is 105 cm³/mol. The van der Waals surface area contributed by atoms with E-state index in [-0.39, 0.29) is 36.6 Å². The first-order valence-corrected chi connectivity index (χ1v) is 9.27. The number of rotatable bonds is 5. The second kappa shape index (κ2) is 9.97. The summed E-state index contributed by atoms with van der Waals surface area (Å²) < 4.78 is 0. The van der Waals surface area contributed by atoms with Crippen molar-refractivity contribution in [3.63, 3.8) is 0 Å². The molecule has 3 rings (SSSR count). The van der Waals surface area contributed by atoms with Crippen molar-refractivity contribution >= 4 is 42.1 Å². The fourth-order valence-corrected chi connectivity index (χ4v) is 4.64. The first-order valence-electron chi connectivity index (χ1n) is 8.39. The molecule has 3 heterocycles. The lowest BCUT2D eigenvalue weighted by molar-refractivity contribution is -0.127. The van der Waals surface area contributed by atoms with Gasteiger partial charge in [-0.2, -0.15) is 0 Å². The van der Waals surface area contributed by atoms with Gasteiger partial charge in [-0.25, -0.2) is 0 Å². The number of nitrogens with zero attached hydrogens (tertiary/aromatic N) is 1. The van der Waals surface area contributed by atoms with Gasteiger partial charge in [0.25, 0.3) is 0 Å². The molecular weight excluding hydrogens is 365 g/mol. The molecular formula is C17H29Cl2N3OS. The van der Waals surface area contributed by atoms with E-state index >= 15 is 0 Å². The minimum absolute atomic E-state index is 0. The van der Waals surface area contributed by atoms with E-state index in [1.807, 2.05) is 11.3 Å². The number of halogens is 2. The molecule has 0 radical (unpaired) electrons. The minimum Gasteiger partial charge on any atom is -0.356 e. The summed E-state index contributed by atoms with van der Waals surface area (Å²) in [5.41, 5.74) is 0. The molecule has 0 spiro atoms. The van der Waals surface area contributed by atoms with E-state index < -0.39 is 0 Å². The zero-order chi connectivity index (χ0) is 15.5. The standard InChI is InChI=1S/C17H27N3OS.2ClH/c1-12(14-9-18-10-14)17(21)19-11-13-5-3-7-20(2)16(13)15-6-4-8-22-15;;/h4,6,8,12-14,16,18H,3,5,7,9-11H2,1-2H3,(H,19,21);2*1H. The van der Waals surface area contributed by atoms with Gasteiger partial charge in [0.15, 0.2) is 0 Å². The number of hydrogen-bond acceptors (Lipinski definition) is 4. The predicted octanol–water partition coefficient (Wildman–Crippen LogP) is 2.95. The SMILES string of the molecule is CC(C(=O)NCC1CCCN(C)C1c1cccs1)C1CNC1.Cl.Cl. The Bertz CT molecular complexity index is 496. The third-order valence-corrected chi connectivity index (χ3v) is 6.26. The lowest BCUT2D eigenvalue weighted by Crippen LogP contribution is -2.50. The van der Waals surface area contributed by atoms with Crippen LogP contribution in [0.5, 0.6) is 0 Å². The number of carbonyl (C=O) groups excluding carboxylic acids is 1. The molecule has 2 N–H and O–H groups in total. The topological polar surface area (TPSA) is 44.4 Å². The molecule has 2 aliphatic heterocycles. The highest BCUT2D eigenvalue weighted by Gasteiger charge is 2.33. The van der Waals surface area contributed by atoms with Crippen LogP contribution in [0.1, 0.15) is 30.7 Å². The summed E-state index contributed by atoms with van der Waals surface area (Å²) >= 11 is 1.83. The Hall–Kier alpha value is -0.330. The molecule has 7 heteroatoms. The molecule has 2 fully saturated rings. The van der Waals surface area contributed by atoms with Crippen molar-refractivity contribution in [3.05, 3.63) is 22.4 Å². The third kappa shape index (κ3) is 4.85. The maximum Gasteiger partial charge on any atom is 0.223 e. The average molecular weight is 394 g/mol. The van der Waals surface area contributed by atoms with E-state index in [0.29, 0.717) is 17.9 Å². The van der Waals surface area contributed by atoms with E-state index in [0.717, 1.165) is 26.2 Å². The first-order chi connectivity index (χ1) is 10.7. The number of nitrogens with one attached hydrogen (secondary N) is 2. The van der Waals surface area contributed by atoms with Crippen LogP contribution >= 0.6 is 36.2 Å². The Morgan fingerprint density at radius 1 is 1.46 bits per heavy atom. The molecule has 1 amide bonds. The van der Waals surface area contributed by atoms with Crippen LogP contribution in [-0.4, -0.2) is 44.0 Å². The summed E-state index contributed by atoms with van der Waals surface area (Å²) in [6.45, 7) is 5.98. The molecule has 2 aliphatic rings. The largest absolute Gasteiger partial charge is 0.356 e. The van der Waals surface area contributed by atoms with E-state index in [4.69, 9.17) is 0 Å². The molecule has 0 aliphatic carbocycles. The summed E-state index contributed by atoms with van der Waals surface area (Å²) in [6, 6.07) is 4.81. The van der Waals surface area contributed by atoms with Crippen LogP contribution in [0.3, 0.4) is 0 Å². The van der Waals surface area contributed by atoms with Gasteiger partial charge in [0, 0.05) is 23.4 Å². The fourth-order valence-electron chi connectivity index (χ4n) is 3.65. The molecule has 4 nitrogen and oxygen atoms in total. The molecule has 0 bridgehead atoms. The van der Waals surface area contributed by atoms with Crippen LogP contribution in [0.4, 0.5) is 0 Å². The van der Waals surface area contributed by atoms with Crippen molar-refractivity contribution in [1.29, 1.82) is 0 Å². The highest BCUT2D eigenvalue weighted by molar-refractivity contribution is 7.10. The summed E-state index contributed by atoms with van der Waals surface area (Å²) in [4.78, 5) is 16.2.